The van der Waals surface area contributed by atoms with Crippen LogP contribution < -0.4 is 10.2 Å². The van der Waals surface area contributed by atoms with Crippen LogP contribution in [0.3, 0.4) is 0 Å². The number of rotatable bonds is 5. The summed E-state index contributed by atoms with van der Waals surface area (Å²) >= 11 is 0. The Morgan fingerprint density at radius 3 is 2.69 bits per heavy atom. The number of anilines is 2. The summed E-state index contributed by atoms with van der Waals surface area (Å²) < 4.78 is 2.19. The van der Waals surface area contributed by atoms with Crippen molar-refractivity contribution in [3.05, 3.63) is 52.4 Å². The lowest BCUT2D eigenvalue weighted by Gasteiger charge is -2.15. The van der Waals surface area contributed by atoms with Crippen molar-refractivity contribution >= 4 is 29.3 Å². The third-order valence-corrected chi connectivity index (χ3v) is 5.34. The Balaban J connectivity index is 1.81. The van der Waals surface area contributed by atoms with Crippen LogP contribution in [0.4, 0.5) is 11.4 Å². The number of carbonyl (C=O) groups is 2. The third kappa shape index (κ3) is 4.09. The molecular weight excluding hydrogens is 364 g/mol. The van der Waals surface area contributed by atoms with Gasteiger partial charge < -0.3 is 14.8 Å². The minimum absolute atomic E-state index is 0.0101. The quantitative estimate of drug-likeness (QED) is 0.620. The highest BCUT2D eigenvalue weighted by Crippen LogP contribution is 2.30. The summed E-state index contributed by atoms with van der Waals surface area (Å²) in [5.41, 5.74) is 5.63. The van der Waals surface area contributed by atoms with Gasteiger partial charge in [0, 0.05) is 42.8 Å². The van der Waals surface area contributed by atoms with Gasteiger partial charge in [-0.15, -0.1) is 0 Å². The predicted molar refractivity (Wildman–Crippen MR) is 115 cm³/mol. The van der Waals surface area contributed by atoms with E-state index in [0.717, 1.165) is 47.6 Å². The second kappa shape index (κ2) is 8.36. The molecule has 1 N–H and O–H groups in total. The van der Waals surface area contributed by atoms with E-state index in [1.165, 1.54) is 0 Å². The van der Waals surface area contributed by atoms with Crippen LogP contribution in [-0.4, -0.2) is 22.9 Å². The smallest absolute Gasteiger partial charge is 0.266 e. The average Bonchev–Trinajstić information content (AvgIpc) is 3.22. The zero-order chi connectivity index (χ0) is 21.1. The minimum Gasteiger partial charge on any atom is -0.349 e. The Morgan fingerprint density at radius 1 is 1.28 bits per heavy atom. The molecule has 1 aromatic heterocycles. The van der Waals surface area contributed by atoms with E-state index in [1.54, 1.807) is 24.0 Å². The Bertz CT molecular complexity index is 1040. The van der Waals surface area contributed by atoms with Gasteiger partial charge in [-0.2, -0.15) is 5.26 Å². The van der Waals surface area contributed by atoms with Gasteiger partial charge in [-0.25, -0.2) is 0 Å². The normalized spacial score (nSPS) is 13.2. The van der Waals surface area contributed by atoms with E-state index in [4.69, 9.17) is 0 Å². The van der Waals surface area contributed by atoms with Gasteiger partial charge in [-0.3, -0.25) is 9.59 Å². The number of nitrogens with zero attached hydrogens (tertiary/aromatic N) is 3. The molecule has 0 spiro atoms. The lowest BCUT2D eigenvalue weighted by molar-refractivity contribution is -0.116. The molecule has 1 aromatic carbocycles. The first-order valence-electron chi connectivity index (χ1n) is 9.86. The van der Waals surface area contributed by atoms with Crippen molar-refractivity contribution in [3.63, 3.8) is 0 Å². The Kier molecular flexibility index (Phi) is 5.88. The molecule has 3 rings (SSSR count). The molecule has 6 heteroatoms. The van der Waals surface area contributed by atoms with Crippen LogP contribution in [-0.2, 0) is 22.6 Å². The van der Waals surface area contributed by atoms with Crippen LogP contribution in [0, 0.1) is 25.2 Å². The molecule has 0 fully saturated rings. The van der Waals surface area contributed by atoms with Crippen LogP contribution in [0.25, 0.3) is 6.08 Å². The topological polar surface area (TPSA) is 78.1 Å². The zero-order valence-corrected chi connectivity index (χ0v) is 17.4. The second-order valence-electron chi connectivity index (χ2n) is 7.37. The standard InChI is InChI=1S/C23H26N4O2/c1-5-9-26-15(2)11-19(16(26)3)12-20(14-24)23(29)25-21-6-7-22-18(13-21)8-10-27(22)17(4)28/h6-7,11-13H,5,8-10H2,1-4H3,(H,25,29)/b20-12+. The molecule has 1 aliphatic rings. The lowest BCUT2D eigenvalue weighted by atomic mass is 10.1. The van der Waals surface area contributed by atoms with Gasteiger partial charge in [-0.1, -0.05) is 6.92 Å². The molecule has 0 bridgehead atoms. The Morgan fingerprint density at radius 2 is 2.03 bits per heavy atom. The number of amides is 2. The largest absolute Gasteiger partial charge is 0.349 e. The van der Waals surface area contributed by atoms with E-state index in [1.807, 2.05) is 38.1 Å². The summed E-state index contributed by atoms with van der Waals surface area (Å²) in [5, 5.41) is 12.3. The van der Waals surface area contributed by atoms with Crippen molar-refractivity contribution in [3.8, 4) is 6.07 Å². The molecule has 0 aliphatic carbocycles. The number of hydrogen-bond donors (Lipinski definition) is 1. The molecule has 0 radical (unpaired) electrons. The number of benzene rings is 1. The van der Waals surface area contributed by atoms with Crippen molar-refractivity contribution in [2.45, 2.75) is 47.1 Å². The maximum Gasteiger partial charge on any atom is 0.266 e. The summed E-state index contributed by atoms with van der Waals surface area (Å²) in [5.74, 6) is -0.426. The van der Waals surface area contributed by atoms with E-state index in [0.29, 0.717) is 12.2 Å². The summed E-state index contributed by atoms with van der Waals surface area (Å²) in [6, 6.07) is 9.50. The number of hydrogen-bond acceptors (Lipinski definition) is 3. The van der Waals surface area contributed by atoms with Crippen molar-refractivity contribution in [1.29, 1.82) is 5.26 Å². The van der Waals surface area contributed by atoms with Gasteiger partial charge in [0.1, 0.15) is 11.6 Å². The number of aromatic nitrogens is 1. The minimum atomic E-state index is -0.436. The number of nitriles is 1. The molecule has 1 aliphatic heterocycles. The first-order chi connectivity index (χ1) is 13.8. The maximum atomic E-state index is 12.7. The summed E-state index contributed by atoms with van der Waals surface area (Å²) in [7, 11) is 0. The van der Waals surface area contributed by atoms with E-state index in [-0.39, 0.29) is 11.5 Å². The van der Waals surface area contributed by atoms with Crippen LogP contribution in [0.1, 0.15) is 42.8 Å². The van der Waals surface area contributed by atoms with Gasteiger partial charge in [0.25, 0.3) is 5.91 Å². The van der Waals surface area contributed by atoms with Crippen LogP contribution >= 0.6 is 0 Å². The molecule has 0 saturated carbocycles. The zero-order valence-electron chi connectivity index (χ0n) is 17.4. The summed E-state index contributed by atoms with van der Waals surface area (Å²) in [6.45, 7) is 9.26. The predicted octanol–water partition coefficient (Wildman–Crippen LogP) is 3.97. The summed E-state index contributed by atoms with van der Waals surface area (Å²) in [6.07, 6.45) is 3.42. The molecule has 0 saturated heterocycles. The molecule has 2 aromatic rings. The van der Waals surface area contributed by atoms with Crippen molar-refractivity contribution in [2.75, 3.05) is 16.8 Å². The van der Waals surface area contributed by atoms with Crippen molar-refractivity contribution in [2.24, 2.45) is 0 Å². The highest BCUT2D eigenvalue weighted by molar-refractivity contribution is 6.10. The molecule has 2 heterocycles. The number of carbonyl (C=O) groups excluding carboxylic acids is 2. The van der Waals surface area contributed by atoms with E-state index in [9.17, 15) is 14.9 Å². The fraction of sp³-hybridized carbons (Fsp3) is 0.348. The van der Waals surface area contributed by atoms with Gasteiger partial charge in [0.05, 0.1) is 0 Å². The molecule has 150 valence electrons. The molecular formula is C23H26N4O2. The van der Waals surface area contributed by atoms with Gasteiger partial charge in [-0.05, 0) is 68.2 Å². The fourth-order valence-corrected chi connectivity index (χ4v) is 3.85. The Hall–Kier alpha value is -3.33. The Labute approximate surface area is 171 Å². The van der Waals surface area contributed by atoms with Gasteiger partial charge in [0.2, 0.25) is 5.91 Å². The van der Waals surface area contributed by atoms with Gasteiger partial charge >= 0.3 is 0 Å². The van der Waals surface area contributed by atoms with E-state index < -0.39 is 5.91 Å². The maximum absolute atomic E-state index is 12.7. The van der Waals surface area contributed by atoms with Crippen molar-refractivity contribution in [1.82, 2.24) is 4.57 Å². The van der Waals surface area contributed by atoms with Gasteiger partial charge in [0.15, 0.2) is 0 Å². The van der Waals surface area contributed by atoms with E-state index >= 15 is 0 Å². The van der Waals surface area contributed by atoms with E-state index in [2.05, 4.69) is 16.8 Å². The van der Waals surface area contributed by atoms with Crippen molar-refractivity contribution < 1.29 is 9.59 Å². The average molecular weight is 390 g/mol. The SMILES string of the molecule is CCCn1c(C)cc(/C=C(\C#N)C(=O)Nc2ccc3c(c2)CCN3C(C)=O)c1C. The highest BCUT2D eigenvalue weighted by atomic mass is 16.2. The number of nitrogens with one attached hydrogen (secondary N) is 1. The highest BCUT2D eigenvalue weighted by Gasteiger charge is 2.22. The molecule has 29 heavy (non-hydrogen) atoms. The lowest BCUT2D eigenvalue weighted by Crippen LogP contribution is -2.25. The van der Waals surface area contributed by atoms with Crippen LogP contribution in [0.2, 0.25) is 0 Å². The summed E-state index contributed by atoms with van der Waals surface area (Å²) in [4.78, 5) is 26.1. The first-order valence-corrected chi connectivity index (χ1v) is 9.86. The molecule has 6 nitrogen and oxygen atoms in total. The molecule has 2 amide bonds. The fourth-order valence-electron chi connectivity index (χ4n) is 3.85. The number of fused-ring (bicyclic) bond motifs is 1. The first kappa shape index (κ1) is 20.4. The van der Waals surface area contributed by atoms with Crippen LogP contribution in [0.15, 0.2) is 29.8 Å². The molecule has 0 unspecified atom stereocenters. The third-order valence-electron chi connectivity index (χ3n) is 5.34. The molecule has 0 atom stereocenters. The van der Waals surface area contributed by atoms with Crippen LogP contribution in [0.5, 0.6) is 0 Å². The number of aryl methyl sites for hydroxylation is 1. The monoisotopic (exact) mass is 390 g/mol. The second-order valence-corrected chi connectivity index (χ2v) is 7.37.